The SMILES string of the molecule is Cc1ccc(S(=O)(=O)O)cc1Cc1ccc(OC(=O)OC(C)(C)C)cc1. The van der Waals surface area contributed by atoms with E-state index in [-0.39, 0.29) is 4.90 Å². The highest BCUT2D eigenvalue weighted by Gasteiger charge is 2.18. The van der Waals surface area contributed by atoms with Crippen molar-refractivity contribution < 1.29 is 27.2 Å². The molecule has 0 amide bonds. The van der Waals surface area contributed by atoms with Crippen LogP contribution < -0.4 is 4.74 Å². The van der Waals surface area contributed by atoms with Crippen molar-refractivity contribution in [1.82, 2.24) is 0 Å². The molecule has 0 aliphatic rings. The van der Waals surface area contributed by atoms with Gasteiger partial charge in [0.05, 0.1) is 4.90 Å². The van der Waals surface area contributed by atoms with Gasteiger partial charge in [-0.25, -0.2) is 4.79 Å². The summed E-state index contributed by atoms with van der Waals surface area (Å²) in [5.41, 5.74) is 1.96. The first-order valence-corrected chi connectivity index (χ1v) is 9.45. The molecular weight excluding hydrogens is 356 g/mol. The molecule has 2 rings (SSSR count). The van der Waals surface area contributed by atoms with E-state index >= 15 is 0 Å². The number of carbonyl (C=O) groups is 1. The Kier molecular flexibility index (Phi) is 5.73. The first kappa shape index (κ1) is 19.9. The first-order valence-electron chi connectivity index (χ1n) is 8.01. The van der Waals surface area contributed by atoms with Crippen molar-refractivity contribution in [2.75, 3.05) is 0 Å². The van der Waals surface area contributed by atoms with Crippen LogP contribution in [0, 0.1) is 6.92 Å². The Bertz CT molecular complexity index is 893. The number of ether oxygens (including phenoxy) is 2. The lowest BCUT2D eigenvalue weighted by Gasteiger charge is -2.18. The molecule has 26 heavy (non-hydrogen) atoms. The average molecular weight is 378 g/mol. The third kappa shape index (κ3) is 5.86. The number of hydrogen-bond acceptors (Lipinski definition) is 5. The van der Waals surface area contributed by atoms with E-state index in [1.54, 1.807) is 51.1 Å². The minimum absolute atomic E-state index is 0.136. The lowest BCUT2D eigenvalue weighted by molar-refractivity contribution is 0.0206. The van der Waals surface area contributed by atoms with Crippen molar-refractivity contribution in [1.29, 1.82) is 0 Å². The highest BCUT2D eigenvalue weighted by atomic mass is 32.2. The smallest absolute Gasteiger partial charge is 0.428 e. The Morgan fingerprint density at radius 3 is 2.23 bits per heavy atom. The van der Waals surface area contributed by atoms with Crippen LogP contribution in [0.5, 0.6) is 5.75 Å². The van der Waals surface area contributed by atoms with Crippen LogP contribution in [-0.2, 0) is 21.3 Å². The molecule has 0 unspecified atom stereocenters. The quantitative estimate of drug-likeness (QED) is 0.488. The Morgan fingerprint density at radius 2 is 1.69 bits per heavy atom. The Hall–Kier alpha value is -2.38. The second-order valence-corrected chi connectivity index (χ2v) is 8.37. The Balaban J connectivity index is 2.11. The van der Waals surface area contributed by atoms with Crippen LogP contribution in [-0.4, -0.2) is 24.7 Å². The zero-order valence-corrected chi connectivity index (χ0v) is 16.0. The van der Waals surface area contributed by atoms with Crippen LogP contribution >= 0.6 is 0 Å². The number of rotatable bonds is 4. The monoisotopic (exact) mass is 378 g/mol. The highest BCUT2D eigenvalue weighted by molar-refractivity contribution is 7.85. The summed E-state index contributed by atoms with van der Waals surface area (Å²) in [4.78, 5) is 11.5. The van der Waals surface area contributed by atoms with Crippen molar-refractivity contribution in [2.24, 2.45) is 0 Å². The maximum atomic E-state index is 11.7. The van der Waals surface area contributed by atoms with Gasteiger partial charge in [-0.15, -0.1) is 0 Å². The van der Waals surface area contributed by atoms with E-state index in [1.165, 1.54) is 12.1 Å². The fourth-order valence-corrected chi connectivity index (χ4v) is 2.79. The highest BCUT2D eigenvalue weighted by Crippen LogP contribution is 2.21. The molecule has 2 aromatic carbocycles. The van der Waals surface area contributed by atoms with Crippen molar-refractivity contribution in [3.63, 3.8) is 0 Å². The van der Waals surface area contributed by atoms with Gasteiger partial charge in [-0.3, -0.25) is 4.55 Å². The van der Waals surface area contributed by atoms with E-state index in [1.807, 2.05) is 6.92 Å². The molecule has 0 bridgehead atoms. The molecule has 0 fully saturated rings. The number of benzene rings is 2. The Morgan fingerprint density at radius 1 is 1.08 bits per heavy atom. The lowest BCUT2D eigenvalue weighted by atomic mass is 10.0. The van der Waals surface area contributed by atoms with Crippen LogP contribution in [0.3, 0.4) is 0 Å². The summed E-state index contributed by atoms with van der Waals surface area (Å²) in [6, 6.07) is 11.3. The van der Waals surface area contributed by atoms with E-state index in [9.17, 15) is 17.8 Å². The van der Waals surface area contributed by atoms with Gasteiger partial charge in [0.15, 0.2) is 0 Å². The van der Waals surface area contributed by atoms with Gasteiger partial charge in [0.25, 0.3) is 10.1 Å². The molecule has 140 valence electrons. The van der Waals surface area contributed by atoms with E-state index < -0.39 is 21.9 Å². The van der Waals surface area contributed by atoms with Crippen LogP contribution in [0.1, 0.15) is 37.5 Å². The molecule has 0 saturated heterocycles. The molecular formula is C19H22O6S. The maximum absolute atomic E-state index is 11.7. The van der Waals surface area contributed by atoms with E-state index in [2.05, 4.69) is 0 Å². The molecule has 1 N–H and O–H groups in total. The molecule has 7 heteroatoms. The largest absolute Gasteiger partial charge is 0.514 e. The lowest BCUT2D eigenvalue weighted by Crippen LogP contribution is -2.25. The molecule has 0 saturated carbocycles. The van der Waals surface area contributed by atoms with Gasteiger partial charge in [-0.05, 0) is 75.1 Å². The summed E-state index contributed by atoms with van der Waals surface area (Å²) in [5, 5.41) is 0. The predicted octanol–water partition coefficient (Wildman–Crippen LogP) is 4.15. The topological polar surface area (TPSA) is 89.9 Å². The van der Waals surface area contributed by atoms with E-state index in [4.69, 9.17) is 9.47 Å². The van der Waals surface area contributed by atoms with Gasteiger partial charge in [-0.1, -0.05) is 18.2 Å². The number of carbonyl (C=O) groups excluding carboxylic acids is 1. The van der Waals surface area contributed by atoms with Crippen LogP contribution in [0.15, 0.2) is 47.4 Å². The second kappa shape index (κ2) is 7.47. The summed E-state index contributed by atoms with van der Waals surface area (Å²) < 4.78 is 42.0. The zero-order valence-electron chi connectivity index (χ0n) is 15.1. The minimum atomic E-state index is -4.24. The van der Waals surface area contributed by atoms with Gasteiger partial charge in [0.2, 0.25) is 0 Å². The fourth-order valence-electron chi connectivity index (χ4n) is 2.26. The van der Waals surface area contributed by atoms with E-state index in [0.29, 0.717) is 12.2 Å². The molecule has 6 nitrogen and oxygen atoms in total. The molecule has 0 spiro atoms. The molecule has 0 heterocycles. The van der Waals surface area contributed by atoms with Gasteiger partial charge >= 0.3 is 6.16 Å². The number of aryl methyl sites for hydroxylation is 1. The van der Waals surface area contributed by atoms with Crippen LogP contribution in [0.4, 0.5) is 4.79 Å². The van der Waals surface area contributed by atoms with Gasteiger partial charge in [-0.2, -0.15) is 8.42 Å². The molecule has 0 atom stereocenters. The van der Waals surface area contributed by atoms with Crippen LogP contribution in [0.2, 0.25) is 0 Å². The number of hydrogen-bond donors (Lipinski definition) is 1. The maximum Gasteiger partial charge on any atom is 0.514 e. The predicted molar refractivity (Wildman–Crippen MR) is 97.1 cm³/mol. The van der Waals surface area contributed by atoms with Crippen LogP contribution in [0.25, 0.3) is 0 Å². The Labute approximate surface area is 153 Å². The summed E-state index contributed by atoms with van der Waals surface area (Å²) in [6.45, 7) is 7.12. The van der Waals surface area contributed by atoms with E-state index in [0.717, 1.165) is 16.7 Å². The molecule has 0 radical (unpaired) electrons. The second-order valence-electron chi connectivity index (χ2n) is 6.95. The van der Waals surface area contributed by atoms with Gasteiger partial charge in [0.1, 0.15) is 11.4 Å². The zero-order chi connectivity index (χ0) is 19.5. The molecule has 0 aromatic heterocycles. The summed E-state index contributed by atoms with van der Waals surface area (Å²) in [6.07, 6.45) is -0.302. The normalized spacial score (nSPS) is 11.9. The minimum Gasteiger partial charge on any atom is -0.428 e. The average Bonchev–Trinajstić information content (AvgIpc) is 2.48. The third-order valence-corrected chi connectivity index (χ3v) is 4.38. The fraction of sp³-hybridized carbons (Fsp3) is 0.316. The molecule has 0 aliphatic carbocycles. The van der Waals surface area contributed by atoms with Crippen molar-refractivity contribution in [3.8, 4) is 5.75 Å². The summed E-state index contributed by atoms with van der Waals surface area (Å²) >= 11 is 0. The van der Waals surface area contributed by atoms with Gasteiger partial charge < -0.3 is 9.47 Å². The first-order chi connectivity index (χ1) is 11.9. The molecule has 0 aliphatic heterocycles. The standard InChI is InChI=1S/C19H22O6S/c1-13-5-10-17(26(21,22)23)12-15(13)11-14-6-8-16(9-7-14)24-18(20)25-19(2,3)4/h5-10,12H,11H2,1-4H3,(H,21,22,23). The summed E-state index contributed by atoms with van der Waals surface area (Å²) in [5.74, 6) is 0.353. The van der Waals surface area contributed by atoms with Crippen molar-refractivity contribution in [3.05, 3.63) is 59.2 Å². The third-order valence-electron chi connectivity index (χ3n) is 3.53. The molecule has 2 aromatic rings. The van der Waals surface area contributed by atoms with Crippen molar-refractivity contribution >= 4 is 16.3 Å². The van der Waals surface area contributed by atoms with Crippen molar-refractivity contribution in [2.45, 2.75) is 44.6 Å². The summed E-state index contributed by atoms with van der Waals surface area (Å²) in [7, 11) is -4.24. The van der Waals surface area contributed by atoms with Gasteiger partial charge in [0, 0.05) is 0 Å².